The van der Waals surface area contributed by atoms with Crippen LogP contribution < -0.4 is 0 Å². The standard InChI is InChI=1S/C16H23NO3/c1-3-5-6-8-16(12-17)9-7-14(18)13(11-16)15(19)20-10-4-2/h4,13H,2-3,5-11H2,1H3. The molecule has 0 bridgehead atoms. The van der Waals surface area contributed by atoms with Gasteiger partial charge < -0.3 is 4.74 Å². The maximum atomic E-state index is 11.9. The predicted molar refractivity (Wildman–Crippen MR) is 75.7 cm³/mol. The van der Waals surface area contributed by atoms with Gasteiger partial charge in [-0.3, -0.25) is 9.59 Å². The molecule has 1 aliphatic rings. The van der Waals surface area contributed by atoms with Gasteiger partial charge in [-0.1, -0.05) is 38.8 Å². The maximum Gasteiger partial charge on any atom is 0.316 e. The van der Waals surface area contributed by atoms with Gasteiger partial charge in [0.25, 0.3) is 0 Å². The van der Waals surface area contributed by atoms with E-state index < -0.39 is 17.3 Å². The number of rotatable bonds is 7. The topological polar surface area (TPSA) is 67.2 Å². The lowest BCUT2D eigenvalue weighted by Crippen LogP contribution is -2.38. The Kier molecular flexibility index (Phi) is 6.44. The Morgan fingerprint density at radius 1 is 1.60 bits per heavy atom. The summed E-state index contributed by atoms with van der Waals surface area (Å²) in [5.41, 5.74) is -0.541. The lowest BCUT2D eigenvalue weighted by molar-refractivity contribution is -0.153. The van der Waals surface area contributed by atoms with Crippen molar-refractivity contribution in [3.8, 4) is 6.07 Å². The van der Waals surface area contributed by atoms with E-state index in [-0.39, 0.29) is 12.4 Å². The number of unbranched alkanes of at least 4 members (excludes halogenated alkanes) is 2. The van der Waals surface area contributed by atoms with Crippen molar-refractivity contribution in [2.45, 2.75) is 51.9 Å². The molecule has 4 nitrogen and oxygen atoms in total. The SMILES string of the molecule is C=CCOC(=O)C1CC(C#N)(CCCCC)CCC1=O. The fourth-order valence-electron chi connectivity index (χ4n) is 2.70. The molecule has 2 atom stereocenters. The molecule has 4 heteroatoms. The van der Waals surface area contributed by atoms with E-state index >= 15 is 0 Å². The van der Waals surface area contributed by atoms with E-state index in [0.29, 0.717) is 19.3 Å². The number of carbonyl (C=O) groups excluding carboxylic acids is 2. The van der Waals surface area contributed by atoms with Gasteiger partial charge in [0, 0.05) is 6.42 Å². The van der Waals surface area contributed by atoms with E-state index in [2.05, 4.69) is 19.6 Å². The van der Waals surface area contributed by atoms with Crippen molar-refractivity contribution in [2.24, 2.45) is 11.3 Å². The van der Waals surface area contributed by atoms with Gasteiger partial charge in [0.1, 0.15) is 18.3 Å². The van der Waals surface area contributed by atoms with E-state index in [4.69, 9.17) is 4.74 Å². The largest absolute Gasteiger partial charge is 0.461 e. The van der Waals surface area contributed by atoms with Crippen LogP contribution in [0.5, 0.6) is 0 Å². The van der Waals surface area contributed by atoms with Crippen LogP contribution in [0.4, 0.5) is 0 Å². The van der Waals surface area contributed by atoms with Crippen LogP contribution in [0.1, 0.15) is 51.9 Å². The zero-order chi connectivity index (χ0) is 15.0. The van der Waals surface area contributed by atoms with Crippen molar-refractivity contribution in [3.63, 3.8) is 0 Å². The maximum absolute atomic E-state index is 11.9. The van der Waals surface area contributed by atoms with Gasteiger partial charge in [-0.05, 0) is 19.3 Å². The number of nitrogens with zero attached hydrogens (tertiary/aromatic N) is 1. The number of esters is 1. The second kappa shape index (κ2) is 7.84. The average Bonchev–Trinajstić information content (AvgIpc) is 2.47. The summed E-state index contributed by atoms with van der Waals surface area (Å²) in [4.78, 5) is 23.8. The number of hydrogen-bond acceptors (Lipinski definition) is 4. The van der Waals surface area contributed by atoms with Crippen molar-refractivity contribution in [1.29, 1.82) is 5.26 Å². The normalized spacial score (nSPS) is 25.8. The molecule has 110 valence electrons. The Hall–Kier alpha value is -1.63. The van der Waals surface area contributed by atoms with E-state index in [1.54, 1.807) is 0 Å². The Balaban J connectivity index is 2.71. The molecule has 0 N–H and O–H groups in total. The van der Waals surface area contributed by atoms with Gasteiger partial charge in [0.15, 0.2) is 0 Å². The van der Waals surface area contributed by atoms with Crippen LogP contribution in [-0.2, 0) is 14.3 Å². The number of carbonyl (C=O) groups is 2. The minimum absolute atomic E-state index is 0.0968. The van der Waals surface area contributed by atoms with Crippen LogP contribution in [0.3, 0.4) is 0 Å². The number of ketones is 1. The van der Waals surface area contributed by atoms with E-state index in [1.165, 1.54) is 6.08 Å². The lowest BCUT2D eigenvalue weighted by Gasteiger charge is -2.33. The fraction of sp³-hybridized carbons (Fsp3) is 0.688. The first-order chi connectivity index (χ1) is 9.58. The Morgan fingerprint density at radius 2 is 2.35 bits per heavy atom. The smallest absolute Gasteiger partial charge is 0.316 e. The Bertz CT molecular complexity index is 410. The van der Waals surface area contributed by atoms with Gasteiger partial charge >= 0.3 is 5.97 Å². The lowest BCUT2D eigenvalue weighted by atomic mass is 9.67. The quantitative estimate of drug-likeness (QED) is 0.310. The summed E-state index contributed by atoms with van der Waals surface area (Å²) < 4.78 is 4.98. The summed E-state index contributed by atoms with van der Waals surface area (Å²) in [7, 11) is 0. The van der Waals surface area contributed by atoms with Crippen molar-refractivity contribution >= 4 is 11.8 Å². The monoisotopic (exact) mass is 277 g/mol. The molecule has 1 rings (SSSR count). The first-order valence-corrected chi connectivity index (χ1v) is 7.30. The molecule has 0 aromatic heterocycles. The van der Waals surface area contributed by atoms with Crippen LogP contribution in [-0.4, -0.2) is 18.4 Å². The fourth-order valence-corrected chi connectivity index (χ4v) is 2.70. The molecule has 0 heterocycles. The van der Waals surface area contributed by atoms with Gasteiger partial charge in [-0.25, -0.2) is 0 Å². The highest BCUT2D eigenvalue weighted by Crippen LogP contribution is 2.41. The summed E-state index contributed by atoms with van der Waals surface area (Å²) in [5, 5.41) is 9.47. The number of nitriles is 1. The highest BCUT2D eigenvalue weighted by atomic mass is 16.5. The molecular weight excluding hydrogens is 254 g/mol. The van der Waals surface area contributed by atoms with E-state index in [0.717, 1.165) is 25.7 Å². The molecule has 1 aliphatic carbocycles. The summed E-state index contributed by atoms with van der Waals surface area (Å²) in [6.45, 7) is 5.70. The molecule has 2 unspecified atom stereocenters. The third-order valence-electron chi connectivity index (χ3n) is 3.96. The summed E-state index contributed by atoms with van der Waals surface area (Å²) in [6, 6.07) is 2.36. The molecule has 0 saturated heterocycles. The molecule has 0 radical (unpaired) electrons. The van der Waals surface area contributed by atoms with Crippen LogP contribution >= 0.6 is 0 Å². The third-order valence-corrected chi connectivity index (χ3v) is 3.96. The summed E-state index contributed by atoms with van der Waals surface area (Å²) in [6.07, 6.45) is 6.54. The first kappa shape index (κ1) is 16.4. The number of ether oxygens (including phenoxy) is 1. The first-order valence-electron chi connectivity index (χ1n) is 7.30. The van der Waals surface area contributed by atoms with E-state index in [1.807, 2.05) is 0 Å². The van der Waals surface area contributed by atoms with Crippen LogP contribution in [0.25, 0.3) is 0 Å². The van der Waals surface area contributed by atoms with Gasteiger partial charge in [0.2, 0.25) is 0 Å². The molecule has 0 aliphatic heterocycles. The van der Waals surface area contributed by atoms with Crippen LogP contribution in [0.2, 0.25) is 0 Å². The predicted octanol–water partition coefficient (Wildman–Crippen LogP) is 3.18. The molecular formula is C16H23NO3. The Labute approximate surface area is 120 Å². The van der Waals surface area contributed by atoms with Crippen molar-refractivity contribution < 1.29 is 14.3 Å². The van der Waals surface area contributed by atoms with Crippen LogP contribution in [0.15, 0.2) is 12.7 Å². The zero-order valence-electron chi connectivity index (χ0n) is 12.2. The van der Waals surface area contributed by atoms with Crippen molar-refractivity contribution in [2.75, 3.05) is 6.61 Å². The number of Topliss-reactive ketones (excluding diaryl/α,β-unsaturated/α-hetero) is 1. The number of hydrogen-bond donors (Lipinski definition) is 0. The molecule has 1 fully saturated rings. The van der Waals surface area contributed by atoms with Gasteiger partial charge in [-0.2, -0.15) is 5.26 Å². The second-order valence-corrected chi connectivity index (χ2v) is 5.49. The van der Waals surface area contributed by atoms with Gasteiger partial charge in [-0.15, -0.1) is 0 Å². The highest BCUT2D eigenvalue weighted by Gasteiger charge is 2.43. The molecule has 20 heavy (non-hydrogen) atoms. The minimum atomic E-state index is -0.773. The highest BCUT2D eigenvalue weighted by molar-refractivity contribution is 5.99. The summed E-state index contributed by atoms with van der Waals surface area (Å²) in [5.74, 6) is -1.38. The second-order valence-electron chi connectivity index (χ2n) is 5.49. The average molecular weight is 277 g/mol. The minimum Gasteiger partial charge on any atom is -0.461 e. The molecule has 0 aromatic rings. The molecule has 1 saturated carbocycles. The summed E-state index contributed by atoms with van der Waals surface area (Å²) >= 11 is 0. The van der Waals surface area contributed by atoms with Crippen molar-refractivity contribution in [3.05, 3.63) is 12.7 Å². The molecule has 0 spiro atoms. The van der Waals surface area contributed by atoms with Crippen LogP contribution in [0, 0.1) is 22.7 Å². The third kappa shape index (κ3) is 4.19. The van der Waals surface area contributed by atoms with E-state index in [9.17, 15) is 14.9 Å². The Morgan fingerprint density at radius 3 is 2.95 bits per heavy atom. The van der Waals surface area contributed by atoms with Gasteiger partial charge in [0.05, 0.1) is 11.5 Å². The molecule has 0 amide bonds. The zero-order valence-corrected chi connectivity index (χ0v) is 12.2. The molecule has 0 aromatic carbocycles. The van der Waals surface area contributed by atoms with Crippen molar-refractivity contribution in [1.82, 2.24) is 0 Å².